The second kappa shape index (κ2) is 7.27. The molecule has 0 aromatic heterocycles. The smallest absolute Gasteiger partial charge is 0.270 e. The van der Waals surface area contributed by atoms with E-state index in [1.54, 1.807) is 18.2 Å². The van der Waals surface area contributed by atoms with Crippen LogP contribution in [-0.4, -0.2) is 29.2 Å². The normalized spacial score (nSPS) is 15.6. The molecule has 2 aromatic rings. The van der Waals surface area contributed by atoms with E-state index in [4.69, 9.17) is 12.2 Å². The number of rotatable bonds is 4. The molecule has 0 bridgehead atoms. The topological polar surface area (TPSA) is 66.7 Å². The van der Waals surface area contributed by atoms with Gasteiger partial charge in [-0.2, -0.15) is 0 Å². The third-order valence-electron chi connectivity index (χ3n) is 3.80. The Kier molecular flexibility index (Phi) is 5.06. The van der Waals surface area contributed by atoms with E-state index in [9.17, 15) is 14.9 Å². The van der Waals surface area contributed by atoms with Gasteiger partial charge >= 0.3 is 0 Å². The number of hydrogen-bond donors (Lipinski definition) is 0. The number of thiocarbonyl (C=S) groups is 1. The highest BCUT2D eigenvalue weighted by Gasteiger charge is 2.33. The Balaban J connectivity index is 1.89. The molecule has 0 radical (unpaired) electrons. The Hall–Kier alpha value is -2.71. The number of nitro groups is 1. The highest BCUT2D eigenvalue weighted by atomic mass is 32.2. The van der Waals surface area contributed by atoms with Crippen LogP contribution in [0.15, 0.2) is 53.4 Å². The van der Waals surface area contributed by atoms with E-state index < -0.39 is 4.92 Å². The molecule has 0 spiro atoms. The zero-order valence-corrected chi connectivity index (χ0v) is 15.7. The number of benzene rings is 2. The van der Waals surface area contributed by atoms with Gasteiger partial charge in [-0.15, -0.1) is 0 Å². The van der Waals surface area contributed by atoms with Crippen molar-refractivity contribution in [3.8, 4) is 0 Å². The lowest BCUT2D eigenvalue weighted by Gasteiger charge is -2.17. The minimum Gasteiger partial charge on any atom is -0.378 e. The first-order valence-electron chi connectivity index (χ1n) is 7.66. The molecule has 1 saturated heterocycles. The van der Waals surface area contributed by atoms with Crippen molar-refractivity contribution >= 4 is 57.3 Å². The number of nitro benzene ring substituents is 1. The van der Waals surface area contributed by atoms with E-state index in [1.807, 2.05) is 43.3 Å². The van der Waals surface area contributed by atoms with Crippen LogP contribution in [-0.2, 0) is 4.79 Å². The Morgan fingerprint density at radius 2 is 1.88 bits per heavy atom. The lowest BCUT2D eigenvalue weighted by molar-refractivity contribution is -0.384. The number of carbonyl (C=O) groups is 1. The molecule has 3 rings (SSSR count). The molecule has 0 N–H and O–H groups in total. The van der Waals surface area contributed by atoms with Gasteiger partial charge in [-0.3, -0.25) is 19.8 Å². The van der Waals surface area contributed by atoms with Gasteiger partial charge in [0.2, 0.25) is 0 Å². The SMILES string of the molecule is CN(C)c1ccc(N2C(=O)/C(=C\c3cccc([N+](=O)[O-])c3)SC2=S)cc1. The van der Waals surface area contributed by atoms with Crippen molar-refractivity contribution in [1.29, 1.82) is 0 Å². The molecular formula is C18H15N3O3S2. The number of thioether (sulfide) groups is 1. The number of carbonyl (C=O) groups excluding carboxylic acids is 1. The van der Waals surface area contributed by atoms with Crippen LogP contribution in [0, 0.1) is 10.1 Å². The van der Waals surface area contributed by atoms with Crippen molar-refractivity contribution in [1.82, 2.24) is 0 Å². The van der Waals surface area contributed by atoms with Crippen LogP contribution in [0.25, 0.3) is 6.08 Å². The molecule has 26 heavy (non-hydrogen) atoms. The van der Waals surface area contributed by atoms with E-state index in [1.165, 1.54) is 28.8 Å². The van der Waals surface area contributed by atoms with Crippen molar-refractivity contribution in [2.24, 2.45) is 0 Å². The summed E-state index contributed by atoms with van der Waals surface area (Å²) < 4.78 is 0.435. The molecule has 6 nitrogen and oxygen atoms in total. The first kappa shape index (κ1) is 18.1. The van der Waals surface area contributed by atoms with Gasteiger partial charge in [0.15, 0.2) is 4.32 Å². The molecule has 1 heterocycles. The number of anilines is 2. The molecular weight excluding hydrogens is 370 g/mol. The summed E-state index contributed by atoms with van der Waals surface area (Å²) in [4.78, 5) is 27.1. The number of non-ortho nitro benzene ring substituents is 1. The largest absolute Gasteiger partial charge is 0.378 e. The van der Waals surface area contributed by atoms with E-state index in [0.717, 1.165) is 5.69 Å². The molecule has 1 amide bonds. The van der Waals surface area contributed by atoms with Crippen LogP contribution in [0.4, 0.5) is 17.1 Å². The van der Waals surface area contributed by atoms with E-state index in [2.05, 4.69) is 0 Å². The molecule has 0 saturated carbocycles. The van der Waals surface area contributed by atoms with Gasteiger partial charge in [0, 0.05) is 31.9 Å². The molecule has 0 aliphatic carbocycles. The van der Waals surface area contributed by atoms with Crippen molar-refractivity contribution < 1.29 is 9.72 Å². The van der Waals surface area contributed by atoms with Crippen LogP contribution in [0.3, 0.4) is 0 Å². The summed E-state index contributed by atoms with van der Waals surface area (Å²) in [6, 6.07) is 13.7. The molecule has 0 unspecified atom stereocenters. The Morgan fingerprint density at radius 1 is 1.19 bits per heavy atom. The van der Waals surface area contributed by atoms with Gasteiger partial charge in [0.05, 0.1) is 15.5 Å². The molecule has 1 fully saturated rings. The molecule has 1 aliphatic heterocycles. The Labute approximate surface area is 160 Å². The molecule has 132 valence electrons. The fourth-order valence-electron chi connectivity index (χ4n) is 2.47. The first-order valence-corrected chi connectivity index (χ1v) is 8.89. The lowest BCUT2D eigenvalue weighted by Crippen LogP contribution is -2.27. The summed E-state index contributed by atoms with van der Waals surface area (Å²) in [5, 5.41) is 10.9. The summed E-state index contributed by atoms with van der Waals surface area (Å²) in [5.41, 5.74) is 2.28. The van der Waals surface area contributed by atoms with Gasteiger partial charge in [-0.1, -0.05) is 36.1 Å². The lowest BCUT2D eigenvalue weighted by atomic mass is 10.2. The van der Waals surface area contributed by atoms with E-state index in [0.29, 0.717) is 20.5 Å². The minimum atomic E-state index is -0.463. The summed E-state index contributed by atoms with van der Waals surface area (Å²) in [7, 11) is 3.88. The number of hydrogen-bond acceptors (Lipinski definition) is 6. The fraction of sp³-hybridized carbons (Fsp3) is 0.111. The molecule has 1 aliphatic rings. The standard InChI is InChI=1S/C18H15N3O3S2/c1-19(2)13-6-8-14(9-7-13)20-17(22)16(26-18(20)25)11-12-4-3-5-15(10-12)21(23)24/h3-11H,1-2H3/b16-11+. The van der Waals surface area contributed by atoms with Gasteiger partial charge < -0.3 is 4.90 Å². The maximum Gasteiger partial charge on any atom is 0.270 e. The van der Waals surface area contributed by atoms with E-state index in [-0.39, 0.29) is 11.6 Å². The number of nitrogens with zero attached hydrogens (tertiary/aromatic N) is 3. The second-order valence-corrected chi connectivity index (χ2v) is 7.46. The summed E-state index contributed by atoms with van der Waals surface area (Å²) in [6.45, 7) is 0. The maximum atomic E-state index is 12.8. The van der Waals surface area contributed by atoms with Gasteiger partial charge in [-0.05, 0) is 35.9 Å². The quantitative estimate of drug-likeness (QED) is 0.342. The third-order valence-corrected chi connectivity index (χ3v) is 5.10. The fourth-order valence-corrected chi connectivity index (χ4v) is 3.77. The summed E-state index contributed by atoms with van der Waals surface area (Å²) in [5.74, 6) is -0.232. The van der Waals surface area contributed by atoms with Crippen LogP contribution >= 0.6 is 24.0 Å². The van der Waals surface area contributed by atoms with Gasteiger partial charge in [0.1, 0.15) is 0 Å². The second-order valence-electron chi connectivity index (χ2n) is 5.78. The average molecular weight is 385 g/mol. The predicted octanol–water partition coefficient (Wildman–Crippen LogP) is 4.07. The number of amides is 1. The summed E-state index contributed by atoms with van der Waals surface area (Å²) >= 11 is 6.54. The Bertz CT molecular complexity index is 924. The predicted molar refractivity (Wildman–Crippen MR) is 110 cm³/mol. The van der Waals surface area contributed by atoms with E-state index >= 15 is 0 Å². The van der Waals surface area contributed by atoms with Crippen molar-refractivity contribution in [2.75, 3.05) is 23.9 Å². The maximum absolute atomic E-state index is 12.8. The molecule has 8 heteroatoms. The average Bonchev–Trinajstić information content (AvgIpc) is 2.89. The van der Waals surface area contributed by atoms with Gasteiger partial charge in [0.25, 0.3) is 11.6 Å². The minimum absolute atomic E-state index is 0.0199. The van der Waals surface area contributed by atoms with Crippen molar-refractivity contribution in [2.45, 2.75) is 0 Å². The molecule has 2 aromatic carbocycles. The zero-order valence-electron chi connectivity index (χ0n) is 14.1. The summed E-state index contributed by atoms with van der Waals surface area (Å²) in [6.07, 6.45) is 1.63. The highest BCUT2D eigenvalue weighted by Crippen LogP contribution is 2.36. The first-order chi connectivity index (χ1) is 12.4. The Morgan fingerprint density at radius 3 is 2.50 bits per heavy atom. The highest BCUT2D eigenvalue weighted by molar-refractivity contribution is 8.27. The van der Waals surface area contributed by atoms with Crippen LogP contribution < -0.4 is 9.80 Å². The zero-order chi connectivity index (χ0) is 18.8. The van der Waals surface area contributed by atoms with Crippen molar-refractivity contribution in [3.05, 3.63) is 69.1 Å². The van der Waals surface area contributed by atoms with Crippen molar-refractivity contribution in [3.63, 3.8) is 0 Å². The van der Waals surface area contributed by atoms with Crippen LogP contribution in [0.1, 0.15) is 5.56 Å². The van der Waals surface area contributed by atoms with Crippen LogP contribution in [0.5, 0.6) is 0 Å². The third kappa shape index (κ3) is 3.61. The van der Waals surface area contributed by atoms with Crippen LogP contribution in [0.2, 0.25) is 0 Å². The molecule has 0 atom stereocenters. The monoisotopic (exact) mass is 385 g/mol. The van der Waals surface area contributed by atoms with Gasteiger partial charge in [-0.25, -0.2) is 0 Å².